The summed E-state index contributed by atoms with van der Waals surface area (Å²) < 4.78 is 4.13. The van der Waals surface area contributed by atoms with Crippen LogP contribution in [0.4, 0.5) is 0 Å². The van der Waals surface area contributed by atoms with Gasteiger partial charge in [-0.3, -0.25) is 0 Å². The molecule has 0 saturated carbocycles. The van der Waals surface area contributed by atoms with Crippen LogP contribution >= 0.6 is 11.5 Å². The van der Waals surface area contributed by atoms with E-state index in [0.717, 1.165) is 25.0 Å². The molecule has 1 N–H and O–H groups in total. The number of likely N-dealkylation sites (N-methyl/N-ethyl adjacent to an activating group) is 1. The Labute approximate surface area is 119 Å². The normalized spacial score (nSPS) is 12.6. The zero-order valence-electron chi connectivity index (χ0n) is 11.8. The van der Waals surface area contributed by atoms with Crippen molar-refractivity contribution in [2.45, 2.75) is 39.2 Å². The van der Waals surface area contributed by atoms with Gasteiger partial charge in [0.15, 0.2) is 0 Å². The number of aromatic nitrogens is 2. The van der Waals surface area contributed by atoms with Crippen LogP contribution in [0.2, 0.25) is 0 Å². The van der Waals surface area contributed by atoms with Crippen LogP contribution in [-0.4, -0.2) is 16.6 Å². The highest BCUT2D eigenvalue weighted by Gasteiger charge is 2.18. The van der Waals surface area contributed by atoms with Gasteiger partial charge in [0.1, 0.15) is 0 Å². The fourth-order valence-electron chi connectivity index (χ4n) is 2.28. The fraction of sp³-hybridized carbons (Fsp3) is 0.467. The van der Waals surface area contributed by atoms with Gasteiger partial charge in [0.2, 0.25) is 0 Å². The van der Waals surface area contributed by atoms with E-state index in [2.05, 4.69) is 53.0 Å². The monoisotopic (exact) mass is 275 g/mol. The summed E-state index contributed by atoms with van der Waals surface area (Å²) in [5, 5.41) is 7.68. The third-order valence-corrected chi connectivity index (χ3v) is 4.30. The Morgan fingerprint density at radius 3 is 2.79 bits per heavy atom. The molecule has 1 atom stereocenters. The van der Waals surface area contributed by atoms with Crippen molar-refractivity contribution in [3.05, 3.63) is 46.0 Å². The maximum atomic E-state index is 4.27. The third kappa shape index (κ3) is 3.39. The van der Waals surface area contributed by atoms with Crippen molar-refractivity contribution < 1.29 is 0 Å². The molecule has 0 amide bonds. The predicted molar refractivity (Wildman–Crippen MR) is 80.6 cm³/mol. The Hall–Kier alpha value is -1.26. The topological polar surface area (TPSA) is 37.8 Å². The van der Waals surface area contributed by atoms with Gasteiger partial charge >= 0.3 is 0 Å². The van der Waals surface area contributed by atoms with Gasteiger partial charge in [-0.2, -0.15) is 0 Å². The van der Waals surface area contributed by atoms with E-state index < -0.39 is 0 Å². The highest BCUT2D eigenvalue weighted by atomic mass is 32.1. The van der Waals surface area contributed by atoms with E-state index in [9.17, 15) is 0 Å². The van der Waals surface area contributed by atoms with E-state index in [1.54, 1.807) is 0 Å². The van der Waals surface area contributed by atoms with Gasteiger partial charge in [0.25, 0.3) is 0 Å². The molecule has 3 nitrogen and oxygen atoms in total. The van der Waals surface area contributed by atoms with E-state index in [1.807, 2.05) is 7.05 Å². The third-order valence-electron chi connectivity index (χ3n) is 3.42. The van der Waals surface area contributed by atoms with Crippen molar-refractivity contribution in [3.8, 4) is 0 Å². The minimum absolute atomic E-state index is 0.308. The number of hydrogen-bond acceptors (Lipinski definition) is 4. The van der Waals surface area contributed by atoms with Crippen molar-refractivity contribution in [1.82, 2.24) is 14.9 Å². The highest BCUT2D eigenvalue weighted by molar-refractivity contribution is 7.05. The zero-order chi connectivity index (χ0) is 13.7. The SMILES string of the molecule is CCCc1nnsc1C(Cc1ccccc1C)NC. The van der Waals surface area contributed by atoms with Crippen LogP contribution in [0, 0.1) is 6.92 Å². The van der Waals surface area contributed by atoms with Gasteiger partial charge in [-0.15, -0.1) is 5.10 Å². The second-order valence-electron chi connectivity index (χ2n) is 4.81. The lowest BCUT2D eigenvalue weighted by atomic mass is 9.99. The van der Waals surface area contributed by atoms with Crippen molar-refractivity contribution in [2.24, 2.45) is 0 Å². The predicted octanol–water partition coefficient (Wildman–Crippen LogP) is 3.30. The van der Waals surface area contributed by atoms with Crippen molar-refractivity contribution in [1.29, 1.82) is 0 Å². The van der Waals surface area contributed by atoms with Crippen LogP contribution in [-0.2, 0) is 12.8 Å². The molecule has 0 bridgehead atoms. The smallest absolute Gasteiger partial charge is 0.0803 e. The summed E-state index contributed by atoms with van der Waals surface area (Å²) >= 11 is 1.52. The first-order chi connectivity index (χ1) is 9.26. The molecule has 2 aromatic rings. The lowest BCUT2D eigenvalue weighted by Gasteiger charge is -2.16. The largest absolute Gasteiger partial charge is 0.312 e. The van der Waals surface area contributed by atoms with Crippen LogP contribution in [0.5, 0.6) is 0 Å². The molecule has 2 rings (SSSR count). The van der Waals surface area contributed by atoms with Gasteiger partial charge < -0.3 is 5.32 Å². The average molecular weight is 275 g/mol. The van der Waals surface area contributed by atoms with Gasteiger partial charge in [-0.05, 0) is 49.5 Å². The number of benzene rings is 1. The molecule has 102 valence electrons. The molecular formula is C15H21N3S. The minimum atomic E-state index is 0.308. The molecule has 4 heteroatoms. The number of hydrogen-bond donors (Lipinski definition) is 1. The van der Waals surface area contributed by atoms with Gasteiger partial charge in [0, 0.05) is 6.04 Å². The molecule has 0 aliphatic rings. The number of nitrogens with one attached hydrogen (secondary N) is 1. The van der Waals surface area contributed by atoms with Gasteiger partial charge in [-0.1, -0.05) is 42.1 Å². The summed E-state index contributed by atoms with van der Waals surface area (Å²) in [6, 6.07) is 8.87. The summed E-state index contributed by atoms with van der Waals surface area (Å²) in [5.74, 6) is 0. The van der Waals surface area contributed by atoms with E-state index in [1.165, 1.54) is 27.5 Å². The molecule has 1 aromatic carbocycles. The summed E-state index contributed by atoms with van der Waals surface area (Å²) in [6.07, 6.45) is 3.11. The lowest BCUT2D eigenvalue weighted by Crippen LogP contribution is -2.19. The Morgan fingerprint density at radius 2 is 2.11 bits per heavy atom. The standard InChI is InChI=1S/C15H21N3S/c1-4-7-13-15(19-18-17-13)14(16-3)10-12-9-6-5-8-11(12)2/h5-6,8-9,14,16H,4,7,10H2,1-3H3. The molecule has 0 fully saturated rings. The summed E-state index contributed by atoms with van der Waals surface area (Å²) in [6.45, 7) is 4.35. The Morgan fingerprint density at radius 1 is 1.32 bits per heavy atom. The second-order valence-corrected chi connectivity index (χ2v) is 5.59. The molecule has 1 aromatic heterocycles. The molecule has 0 aliphatic carbocycles. The molecule has 19 heavy (non-hydrogen) atoms. The van der Waals surface area contributed by atoms with Gasteiger partial charge in [0.05, 0.1) is 10.6 Å². The minimum Gasteiger partial charge on any atom is -0.312 e. The maximum absolute atomic E-state index is 4.27. The van der Waals surface area contributed by atoms with Crippen LogP contribution in [0.25, 0.3) is 0 Å². The number of aryl methyl sites for hydroxylation is 2. The van der Waals surface area contributed by atoms with Crippen LogP contribution < -0.4 is 5.32 Å². The first-order valence-corrected chi connectivity index (χ1v) is 7.56. The van der Waals surface area contributed by atoms with Crippen LogP contribution in [0.15, 0.2) is 24.3 Å². The first-order valence-electron chi connectivity index (χ1n) is 6.79. The maximum Gasteiger partial charge on any atom is 0.0803 e. The van der Waals surface area contributed by atoms with Crippen LogP contribution in [0.3, 0.4) is 0 Å². The lowest BCUT2D eigenvalue weighted by molar-refractivity contribution is 0.592. The van der Waals surface area contributed by atoms with Crippen molar-refractivity contribution in [2.75, 3.05) is 7.05 Å². The van der Waals surface area contributed by atoms with Crippen molar-refractivity contribution >= 4 is 11.5 Å². The van der Waals surface area contributed by atoms with E-state index in [4.69, 9.17) is 0 Å². The Balaban J connectivity index is 2.20. The Kier molecular flexibility index (Phi) is 5.05. The average Bonchev–Trinajstić information content (AvgIpc) is 2.86. The molecule has 0 radical (unpaired) electrons. The summed E-state index contributed by atoms with van der Waals surface area (Å²) in [7, 11) is 2.01. The molecular weight excluding hydrogens is 254 g/mol. The van der Waals surface area contributed by atoms with Gasteiger partial charge in [-0.25, -0.2) is 0 Å². The van der Waals surface area contributed by atoms with Crippen LogP contribution in [0.1, 0.15) is 41.1 Å². The molecule has 1 unspecified atom stereocenters. The molecule has 0 aliphatic heterocycles. The van der Waals surface area contributed by atoms with Crippen molar-refractivity contribution in [3.63, 3.8) is 0 Å². The zero-order valence-corrected chi connectivity index (χ0v) is 12.6. The molecule has 1 heterocycles. The summed E-state index contributed by atoms with van der Waals surface area (Å²) in [5.41, 5.74) is 3.88. The van der Waals surface area contributed by atoms with E-state index >= 15 is 0 Å². The Bertz CT molecular complexity index is 522. The summed E-state index contributed by atoms with van der Waals surface area (Å²) in [4.78, 5) is 1.28. The molecule has 0 saturated heterocycles. The van der Waals surface area contributed by atoms with E-state index in [0.29, 0.717) is 6.04 Å². The van der Waals surface area contributed by atoms with E-state index in [-0.39, 0.29) is 0 Å². The second kappa shape index (κ2) is 6.78. The first kappa shape index (κ1) is 14.2. The fourth-order valence-corrected chi connectivity index (χ4v) is 3.08. The number of rotatable bonds is 6. The highest BCUT2D eigenvalue weighted by Crippen LogP contribution is 2.25. The molecule has 0 spiro atoms. The number of nitrogens with zero attached hydrogens (tertiary/aromatic N) is 2. The quantitative estimate of drug-likeness (QED) is 0.879.